The summed E-state index contributed by atoms with van der Waals surface area (Å²) in [6.07, 6.45) is 0.837. The smallest absolute Gasteiger partial charge is 0.409 e. The molecule has 0 saturated carbocycles. The number of amides is 2. The van der Waals surface area contributed by atoms with Crippen LogP contribution in [0.4, 0.5) is 4.79 Å². The molecule has 0 N–H and O–H groups in total. The van der Waals surface area contributed by atoms with Crippen LogP contribution in [0, 0.1) is 5.92 Å². The van der Waals surface area contributed by atoms with Crippen LogP contribution in [0.2, 0.25) is 0 Å². The van der Waals surface area contributed by atoms with E-state index in [9.17, 15) is 9.59 Å². The van der Waals surface area contributed by atoms with Crippen LogP contribution < -0.4 is 0 Å². The first-order chi connectivity index (χ1) is 8.81. The van der Waals surface area contributed by atoms with Crippen molar-refractivity contribution in [3.8, 4) is 0 Å². The Hall–Kier alpha value is -1.52. The van der Waals surface area contributed by atoms with Crippen molar-refractivity contribution in [1.29, 1.82) is 0 Å². The second-order valence-corrected chi connectivity index (χ2v) is 5.64. The molecule has 1 unspecified atom stereocenters. The minimum Gasteiger partial charge on any atom is -0.444 e. The highest BCUT2D eigenvalue weighted by Crippen LogP contribution is 2.18. The maximum Gasteiger partial charge on any atom is 0.409 e. The second kappa shape index (κ2) is 6.59. The van der Waals surface area contributed by atoms with Gasteiger partial charge in [0.1, 0.15) is 6.10 Å². The van der Waals surface area contributed by atoms with Gasteiger partial charge in [0.15, 0.2) is 0 Å². The molecule has 0 aromatic carbocycles. The highest BCUT2D eigenvalue weighted by Gasteiger charge is 2.30. The lowest BCUT2D eigenvalue weighted by Crippen LogP contribution is -2.33. The summed E-state index contributed by atoms with van der Waals surface area (Å²) >= 11 is 0. The number of carbonyl (C=O) groups excluding carboxylic acids is 2. The van der Waals surface area contributed by atoms with Crippen LogP contribution >= 0.6 is 0 Å². The molecule has 5 nitrogen and oxygen atoms in total. The molecule has 1 saturated heterocycles. The van der Waals surface area contributed by atoms with Crippen molar-refractivity contribution in [2.75, 3.05) is 27.2 Å². The Morgan fingerprint density at radius 3 is 2.58 bits per heavy atom. The summed E-state index contributed by atoms with van der Waals surface area (Å²) in [4.78, 5) is 26.7. The first-order valence-electron chi connectivity index (χ1n) is 6.66. The van der Waals surface area contributed by atoms with Crippen molar-refractivity contribution in [2.45, 2.75) is 32.8 Å². The van der Waals surface area contributed by atoms with Gasteiger partial charge in [-0.1, -0.05) is 20.4 Å². The summed E-state index contributed by atoms with van der Waals surface area (Å²) in [5.74, 6) is 0.401. The number of carbonyl (C=O) groups is 2. The van der Waals surface area contributed by atoms with Gasteiger partial charge in [-0.25, -0.2) is 4.79 Å². The van der Waals surface area contributed by atoms with Gasteiger partial charge in [-0.05, 0) is 12.3 Å². The number of likely N-dealkylation sites (tertiary alicyclic amines) is 1. The summed E-state index contributed by atoms with van der Waals surface area (Å²) in [7, 11) is 3.29. The van der Waals surface area contributed by atoms with Gasteiger partial charge in [0.25, 0.3) is 0 Å². The van der Waals surface area contributed by atoms with Crippen LogP contribution in [0.25, 0.3) is 0 Å². The fraction of sp³-hybridized carbons (Fsp3) is 0.714. The van der Waals surface area contributed by atoms with E-state index in [1.165, 1.54) is 4.90 Å². The van der Waals surface area contributed by atoms with E-state index in [0.717, 1.165) is 0 Å². The Bertz CT molecular complexity index is 364. The van der Waals surface area contributed by atoms with Crippen molar-refractivity contribution in [3.63, 3.8) is 0 Å². The molecule has 0 spiro atoms. The topological polar surface area (TPSA) is 49.9 Å². The predicted molar refractivity (Wildman–Crippen MR) is 73.7 cm³/mol. The van der Waals surface area contributed by atoms with Crippen molar-refractivity contribution in [3.05, 3.63) is 12.2 Å². The fourth-order valence-corrected chi connectivity index (χ4v) is 2.06. The molecule has 1 aliphatic rings. The summed E-state index contributed by atoms with van der Waals surface area (Å²) in [5.41, 5.74) is 0.634. The molecule has 2 amide bonds. The minimum atomic E-state index is -0.361. The van der Waals surface area contributed by atoms with E-state index in [1.54, 1.807) is 19.0 Å². The summed E-state index contributed by atoms with van der Waals surface area (Å²) in [6, 6.07) is 0. The third-order valence-electron chi connectivity index (χ3n) is 3.02. The van der Waals surface area contributed by atoms with Gasteiger partial charge >= 0.3 is 6.09 Å². The zero-order chi connectivity index (χ0) is 14.6. The van der Waals surface area contributed by atoms with Crippen molar-refractivity contribution < 1.29 is 14.3 Å². The van der Waals surface area contributed by atoms with Crippen LogP contribution in [0.1, 0.15) is 26.7 Å². The molecule has 0 bridgehead atoms. The minimum absolute atomic E-state index is 0.0166. The molecule has 1 rings (SSSR count). The fourth-order valence-electron chi connectivity index (χ4n) is 2.06. The maximum atomic E-state index is 12.1. The van der Waals surface area contributed by atoms with Crippen LogP contribution in [-0.2, 0) is 9.53 Å². The Kier molecular flexibility index (Phi) is 5.39. The molecular weight excluding hydrogens is 244 g/mol. The zero-order valence-corrected chi connectivity index (χ0v) is 12.3. The molecule has 108 valence electrons. The van der Waals surface area contributed by atoms with Crippen molar-refractivity contribution in [2.24, 2.45) is 5.92 Å². The number of hydrogen-bond donors (Lipinski definition) is 0. The Balaban J connectivity index is 2.45. The standard InChI is InChI=1S/C14H24N2O3/c1-10(2)8-11(3)13(17)16-7-6-12(9-16)19-14(18)15(4)5/h10,12H,3,6-9H2,1-2,4-5H3. The first kappa shape index (κ1) is 15.5. The van der Waals surface area contributed by atoms with E-state index in [-0.39, 0.29) is 18.1 Å². The molecular formula is C14H24N2O3. The second-order valence-electron chi connectivity index (χ2n) is 5.64. The van der Waals surface area contributed by atoms with Gasteiger partial charge in [0, 0.05) is 32.6 Å². The molecule has 0 aromatic heterocycles. The van der Waals surface area contributed by atoms with Gasteiger partial charge in [-0.2, -0.15) is 0 Å². The predicted octanol–water partition coefficient (Wildman–Crippen LogP) is 1.89. The summed E-state index contributed by atoms with van der Waals surface area (Å²) < 4.78 is 5.28. The van der Waals surface area contributed by atoms with Crippen LogP contribution in [0.3, 0.4) is 0 Å². The van der Waals surface area contributed by atoms with E-state index in [2.05, 4.69) is 20.4 Å². The highest BCUT2D eigenvalue weighted by molar-refractivity contribution is 5.93. The Labute approximate surface area is 115 Å². The lowest BCUT2D eigenvalue weighted by atomic mass is 10.0. The lowest BCUT2D eigenvalue weighted by Gasteiger charge is -2.19. The van der Waals surface area contributed by atoms with Crippen molar-refractivity contribution >= 4 is 12.0 Å². The van der Waals surface area contributed by atoms with Gasteiger partial charge < -0.3 is 14.5 Å². The third-order valence-corrected chi connectivity index (χ3v) is 3.02. The molecule has 1 fully saturated rings. The van der Waals surface area contributed by atoms with Crippen LogP contribution in [0.15, 0.2) is 12.2 Å². The van der Waals surface area contributed by atoms with E-state index in [4.69, 9.17) is 4.74 Å². The quantitative estimate of drug-likeness (QED) is 0.732. The van der Waals surface area contributed by atoms with E-state index in [0.29, 0.717) is 37.4 Å². The van der Waals surface area contributed by atoms with Crippen molar-refractivity contribution in [1.82, 2.24) is 9.80 Å². The van der Waals surface area contributed by atoms with Gasteiger partial charge in [-0.15, -0.1) is 0 Å². The highest BCUT2D eigenvalue weighted by atomic mass is 16.6. The monoisotopic (exact) mass is 268 g/mol. The molecule has 5 heteroatoms. The normalized spacial score (nSPS) is 18.6. The summed E-state index contributed by atoms with van der Waals surface area (Å²) in [5, 5.41) is 0. The molecule has 19 heavy (non-hydrogen) atoms. The van der Waals surface area contributed by atoms with E-state index in [1.807, 2.05) is 0 Å². The molecule has 1 heterocycles. The maximum absolute atomic E-state index is 12.1. The zero-order valence-electron chi connectivity index (χ0n) is 12.3. The largest absolute Gasteiger partial charge is 0.444 e. The van der Waals surface area contributed by atoms with Gasteiger partial charge in [0.05, 0.1) is 6.54 Å². The summed E-state index contributed by atoms with van der Waals surface area (Å²) in [6.45, 7) is 9.06. The Morgan fingerprint density at radius 1 is 1.42 bits per heavy atom. The van der Waals surface area contributed by atoms with E-state index >= 15 is 0 Å². The third kappa shape index (κ3) is 4.58. The molecule has 0 aliphatic carbocycles. The van der Waals surface area contributed by atoms with Gasteiger partial charge in [-0.3, -0.25) is 4.79 Å². The van der Waals surface area contributed by atoms with Crippen LogP contribution in [-0.4, -0.2) is 55.1 Å². The first-order valence-corrected chi connectivity index (χ1v) is 6.66. The van der Waals surface area contributed by atoms with Gasteiger partial charge in [0.2, 0.25) is 5.91 Å². The average molecular weight is 268 g/mol. The van der Waals surface area contributed by atoms with E-state index < -0.39 is 0 Å². The molecule has 0 aromatic rings. The lowest BCUT2D eigenvalue weighted by molar-refractivity contribution is -0.126. The number of hydrogen-bond acceptors (Lipinski definition) is 3. The Morgan fingerprint density at radius 2 is 2.05 bits per heavy atom. The SMILES string of the molecule is C=C(CC(C)C)C(=O)N1CCC(OC(=O)N(C)C)C1. The number of rotatable bonds is 4. The number of nitrogens with zero attached hydrogens (tertiary/aromatic N) is 2. The molecule has 1 aliphatic heterocycles. The van der Waals surface area contributed by atoms with Crippen LogP contribution in [0.5, 0.6) is 0 Å². The number of ether oxygens (including phenoxy) is 1. The molecule has 1 atom stereocenters. The average Bonchev–Trinajstić information content (AvgIpc) is 2.75. The molecule has 0 radical (unpaired) electrons.